The standard InChI is InChI=1S/C16H34N2S/c17-11-7-4-2-1-3-5-8-12-18(15-16-19)13-9-6-10-14-18/h1-17H2/p+1. The SMILES string of the molecule is NCCCCCCCCC[N+]1(CCS)CCCCC1. The Labute approximate surface area is 126 Å². The molecule has 1 fully saturated rings. The van der Waals surface area contributed by atoms with Crippen LogP contribution in [0, 0.1) is 0 Å². The molecule has 0 bridgehead atoms. The molecule has 0 amide bonds. The highest BCUT2D eigenvalue weighted by molar-refractivity contribution is 7.80. The first kappa shape index (κ1) is 17.3. The molecule has 1 aliphatic rings. The van der Waals surface area contributed by atoms with Crippen molar-refractivity contribution in [1.29, 1.82) is 0 Å². The Morgan fingerprint density at radius 2 is 1.32 bits per heavy atom. The van der Waals surface area contributed by atoms with Gasteiger partial charge in [-0.25, -0.2) is 0 Å². The van der Waals surface area contributed by atoms with E-state index in [4.69, 9.17) is 5.73 Å². The van der Waals surface area contributed by atoms with Gasteiger partial charge in [-0.2, -0.15) is 12.6 Å². The minimum absolute atomic E-state index is 0.865. The van der Waals surface area contributed by atoms with Crippen molar-refractivity contribution in [3.05, 3.63) is 0 Å². The number of nitrogens with two attached hydrogens (primary N) is 1. The maximum Gasteiger partial charge on any atom is 0.0876 e. The zero-order valence-electron chi connectivity index (χ0n) is 12.8. The van der Waals surface area contributed by atoms with Gasteiger partial charge in [0.1, 0.15) is 0 Å². The highest BCUT2D eigenvalue weighted by Crippen LogP contribution is 2.20. The molecule has 2 N–H and O–H groups in total. The molecule has 0 aliphatic carbocycles. The largest absolute Gasteiger partial charge is 0.330 e. The van der Waals surface area contributed by atoms with Crippen LogP contribution in [-0.4, -0.2) is 43.0 Å². The van der Waals surface area contributed by atoms with Gasteiger partial charge in [-0.15, -0.1) is 0 Å². The monoisotopic (exact) mass is 287 g/mol. The Hall–Kier alpha value is 0.270. The number of hydrogen-bond acceptors (Lipinski definition) is 2. The van der Waals surface area contributed by atoms with Crippen LogP contribution in [-0.2, 0) is 0 Å². The fourth-order valence-electron chi connectivity index (χ4n) is 3.43. The molecule has 0 saturated carbocycles. The molecular weight excluding hydrogens is 252 g/mol. The van der Waals surface area contributed by atoms with Gasteiger partial charge in [0.15, 0.2) is 0 Å². The van der Waals surface area contributed by atoms with Gasteiger partial charge in [-0.1, -0.05) is 25.7 Å². The number of quaternary nitrogens is 1. The summed E-state index contributed by atoms with van der Waals surface area (Å²) in [5.74, 6) is 1.05. The average Bonchev–Trinajstić information content (AvgIpc) is 2.43. The number of hydrogen-bond donors (Lipinski definition) is 2. The third kappa shape index (κ3) is 7.57. The van der Waals surface area contributed by atoms with Crippen LogP contribution >= 0.6 is 12.6 Å². The lowest BCUT2D eigenvalue weighted by Gasteiger charge is -2.41. The lowest BCUT2D eigenvalue weighted by Crippen LogP contribution is -2.53. The first-order valence-corrected chi connectivity index (χ1v) is 9.12. The molecule has 0 aromatic carbocycles. The highest BCUT2D eigenvalue weighted by Gasteiger charge is 2.28. The van der Waals surface area contributed by atoms with Gasteiger partial charge in [0, 0.05) is 5.75 Å². The van der Waals surface area contributed by atoms with Crippen molar-refractivity contribution >= 4 is 12.6 Å². The molecule has 2 nitrogen and oxygen atoms in total. The van der Waals surface area contributed by atoms with E-state index in [0.29, 0.717) is 0 Å². The van der Waals surface area contributed by atoms with Crippen LogP contribution in [0.15, 0.2) is 0 Å². The molecule has 0 aromatic heterocycles. The third-order valence-electron chi connectivity index (χ3n) is 4.68. The highest BCUT2D eigenvalue weighted by atomic mass is 32.1. The van der Waals surface area contributed by atoms with Gasteiger partial charge >= 0.3 is 0 Å². The molecule has 3 heteroatoms. The molecular formula is C16H35N2S+. The van der Waals surface area contributed by atoms with Crippen LogP contribution in [0.4, 0.5) is 0 Å². The van der Waals surface area contributed by atoms with Crippen LogP contribution < -0.4 is 5.73 Å². The molecule has 1 saturated heterocycles. The Kier molecular flexibility index (Phi) is 10.0. The second-order valence-corrected chi connectivity index (χ2v) is 6.73. The van der Waals surface area contributed by atoms with E-state index in [-0.39, 0.29) is 0 Å². The molecule has 19 heavy (non-hydrogen) atoms. The number of likely N-dealkylation sites (tertiary alicyclic amines) is 1. The van der Waals surface area contributed by atoms with Crippen LogP contribution in [0.3, 0.4) is 0 Å². The molecule has 114 valence electrons. The van der Waals surface area contributed by atoms with Gasteiger partial charge < -0.3 is 10.2 Å². The number of rotatable bonds is 11. The van der Waals surface area contributed by atoms with Crippen molar-refractivity contribution < 1.29 is 4.48 Å². The minimum Gasteiger partial charge on any atom is -0.330 e. The van der Waals surface area contributed by atoms with E-state index in [1.165, 1.54) is 94.9 Å². The predicted molar refractivity (Wildman–Crippen MR) is 88.8 cm³/mol. The molecule has 0 unspecified atom stereocenters. The Balaban J connectivity index is 2.05. The third-order valence-corrected chi connectivity index (χ3v) is 4.88. The van der Waals surface area contributed by atoms with Crippen LogP contribution in [0.5, 0.6) is 0 Å². The normalized spacial score (nSPS) is 18.6. The summed E-state index contributed by atoms with van der Waals surface area (Å²) in [6, 6.07) is 0. The van der Waals surface area contributed by atoms with Crippen molar-refractivity contribution in [1.82, 2.24) is 0 Å². The van der Waals surface area contributed by atoms with Gasteiger partial charge in [-0.05, 0) is 45.1 Å². The summed E-state index contributed by atoms with van der Waals surface area (Å²) in [5, 5.41) is 0. The van der Waals surface area contributed by atoms with Gasteiger partial charge in [0.25, 0.3) is 0 Å². The zero-order chi connectivity index (χ0) is 13.8. The molecule has 1 rings (SSSR count). The van der Waals surface area contributed by atoms with Crippen molar-refractivity contribution in [3.8, 4) is 0 Å². The molecule has 1 aliphatic heterocycles. The van der Waals surface area contributed by atoms with Gasteiger partial charge in [0.05, 0.1) is 26.2 Å². The van der Waals surface area contributed by atoms with Gasteiger partial charge in [-0.3, -0.25) is 0 Å². The average molecular weight is 288 g/mol. The van der Waals surface area contributed by atoms with Crippen LogP contribution in [0.25, 0.3) is 0 Å². The lowest BCUT2D eigenvalue weighted by molar-refractivity contribution is -0.930. The van der Waals surface area contributed by atoms with E-state index in [9.17, 15) is 0 Å². The zero-order valence-corrected chi connectivity index (χ0v) is 13.7. The molecule has 0 radical (unpaired) electrons. The number of piperidine rings is 1. The first-order valence-electron chi connectivity index (χ1n) is 8.49. The Morgan fingerprint density at radius 3 is 1.89 bits per heavy atom. The Morgan fingerprint density at radius 1 is 0.737 bits per heavy atom. The summed E-state index contributed by atoms with van der Waals surface area (Å²) in [4.78, 5) is 0. The quantitative estimate of drug-likeness (QED) is 0.339. The molecule has 0 spiro atoms. The van der Waals surface area contributed by atoms with E-state index in [1.807, 2.05) is 0 Å². The number of nitrogens with zero attached hydrogens (tertiary/aromatic N) is 1. The minimum atomic E-state index is 0.865. The fraction of sp³-hybridized carbons (Fsp3) is 1.00. The van der Waals surface area contributed by atoms with E-state index in [0.717, 1.165) is 12.3 Å². The van der Waals surface area contributed by atoms with Crippen LogP contribution in [0.2, 0.25) is 0 Å². The van der Waals surface area contributed by atoms with E-state index in [1.54, 1.807) is 0 Å². The van der Waals surface area contributed by atoms with Crippen molar-refractivity contribution in [2.45, 2.75) is 64.2 Å². The maximum atomic E-state index is 5.51. The first-order chi connectivity index (χ1) is 9.33. The Bertz CT molecular complexity index is 197. The summed E-state index contributed by atoms with van der Waals surface area (Å²) < 4.78 is 1.37. The summed E-state index contributed by atoms with van der Waals surface area (Å²) in [7, 11) is 0. The topological polar surface area (TPSA) is 26.0 Å². The summed E-state index contributed by atoms with van der Waals surface area (Å²) in [5.41, 5.74) is 5.51. The summed E-state index contributed by atoms with van der Waals surface area (Å²) in [6.07, 6.45) is 13.9. The van der Waals surface area contributed by atoms with Crippen molar-refractivity contribution in [2.24, 2.45) is 5.73 Å². The predicted octanol–water partition coefficient (Wildman–Crippen LogP) is 3.61. The lowest BCUT2D eigenvalue weighted by atomic mass is 10.0. The maximum absolute atomic E-state index is 5.51. The summed E-state index contributed by atoms with van der Waals surface area (Å²) >= 11 is 4.47. The van der Waals surface area contributed by atoms with Crippen molar-refractivity contribution in [2.75, 3.05) is 38.5 Å². The smallest absolute Gasteiger partial charge is 0.0876 e. The van der Waals surface area contributed by atoms with Crippen molar-refractivity contribution in [3.63, 3.8) is 0 Å². The van der Waals surface area contributed by atoms with Gasteiger partial charge in [0.2, 0.25) is 0 Å². The molecule has 1 heterocycles. The fourth-order valence-corrected chi connectivity index (χ4v) is 3.85. The second kappa shape index (κ2) is 11.0. The van der Waals surface area contributed by atoms with E-state index >= 15 is 0 Å². The second-order valence-electron chi connectivity index (χ2n) is 6.28. The van der Waals surface area contributed by atoms with E-state index < -0.39 is 0 Å². The van der Waals surface area contributed by atoms with Crippen LogP contribution in [0.1, 0.15) is 64.2 Å². The number of thiol groups is 1. The summed E-state index contributed by atoms with van der Waals surface area (Å²) in [6.45, 7) is 6.39. The number of unbranched alkanes of at least 4 members (excludes halogenated alkanes) is 6. The van der Waals surface area contributed by atoms with E-state index in [2.05, 4.69) is 12.6 Å². The molecule has 0 aromatic rings. The molecule has 0 atom stereocenters.